The van der Waals surface area contributed by atoms with Crippen LogP contribution in [0, 0.1) is 11.8 Å². The molecule has 1 saturated heterocycles. The van der Waals surface area contributed by atoms with Gasteiger partial charge in [-0.15, -0.1) is 0 Å². The molecule has 32 heavy (non-hydrogen) atoms. The van der Waals surface area contributed by atoms with Gasteiger partial charge in [0.2, 0.25) is 5.91 Å². The summed E-state index contributed by atoms with van der Waals surface area (Å²) in [6.45, 7) is 3.14. The maximum absolute atomic E-state index is 13.0. The van der Waals surface area contributed by atoms with Crippen molar-refractivity contribution in [2.75, 3.05) is 20.3 Å². The number of nitrogens with one attached hydrogen (secondary N) is 1. The van der Waals surface area contributed by atoms with Crippen molar-refractivity contribution in [2.45, 2.75) is 63.6 Å². The van der Waals surface area contributed by atoms with Gasteiger partial charge in [-0.3, -0.25) is 4.79 Å². The molecule has 1 heterocycles. The topological polar surface area (TPSA) is 41.6 Å². The molecule has 1 amide bonds. The van der Waals surface area contributed by atoms with Crippen LogP contribution in [0.4, 0.5) is 26.3 Å². The van der Waals surface area contributed by atoms with Gasteiger partial charge in [-0.2, -0.15) is 26.3 Å². The van der Waals surface area contributed by atoms with Gasteiger partial charge in [-0.05, 0) is 62.4 Å². The Balaban J connectivity index is 1.61. The van der Waals surface area contributed by atoms with Crippen LogP contribution in [0.25, 0.3) is 0 Å². The van der Waals surface area contributed by atoms with Gasteiger partial charge >= 0.3 is 12.4 Å². The third kappa shape index (κ3) is 5.95. The van der Waals surface area contributed by atoms with Crippen LogP contribution in [-0.4, -0.2) is 43.2 Å². The minimum absolute atomic E-state index is 0.0834. The van der Waals surface area contributed by atoms with E-state index in [2.05, 4.69) is 17.1 Å². The molecule has 3 rings (SSSR count). The van der Waals surface area contributed by atoms with E-state index in [-0.39, 0.29) is 36.0 Å². The van der Waals surface area contributed by atoms with Crippen molar-refractivity contribution in [2.24, 2.45) is 11.8 Å². The Kier molecular flexibility index (Phi) is 7.44. The highest BCUT2D eigenvalue weighted by atomic mass is 19.4. The van der Waals surface area contributed by atoms with Gasteiger partial charge in [-0.1, -0.05) is 6.92 Å². The minimum Gasteiger partial charge on any atom is -0.381 e. The summed E-state index contributed by atoms with van der Waals surface area (Å²) in [7, 11) is 2.04. The second-order valence-electron chi connectivity index (χ2n) is 8.87. The van der Waals surface area contributed by atoms with Crippen LogP contribution in [0.1, 0.15) is 49.3 Å². The number of ether oxygens (including phenoxy) is 1. The van der Waals surface area contributed by atoms with Crippen LogP contribution < -0.4 is 5.32 Å². The van der Waals surface area contributed by atoms with E-state index in [1.807, 2.05) is 7.05 Å². The van der Waals surface area contributed by atoms with Crippen molar-refractivity contribution in [3.05, 3.63) is 34.9 Å². The number of rotatable bonds is 5. The average molecular weight is 466 g/mol. The van der Waals surface area contributed by atoms with Crippen molar-refractivity contribution in [3.63, 3.8) is 0 Å². The van der Waals surface area contributed by atoms with Crippen LogP contribution in [-0.2, 0) is 28.4 Å². The number of alkyl halides is 6. The lowest BCUT2D eigenvalue weighted by atomic mass is 9.94. The van der Waals surface area contributed by atoms with Crippen molar-refractivity contribution in [3.8, 4) is 0 Å². The smallest absolute Gasteiger partial charge is 0.381 e. The summed E-state index contributed by atoms with van der Waals surface area (Å²) in [4.78, 5) is 14.9. The second-order valence-corrected chi connectivity index (χ2v) is 8.87. The van der Waals surface area contributed by atoms with Gasteiger partial charge in [0.05, 0.1) is 17.7 Å². The summed E-state index contributed by atoms with van der Waals surface area (Å²) in [6.07, 6.45) is -6.84. The molecule has 1 aromatic carbocycles. The lowest BCUT2D eigenvalue weighted by Crippen LogP contribution is -2.47. The molecule has 0 spiro atoms. The van der Waals surface area contributed by atoms with E-state index in [1.165, 1.54) is 0 Å². The first-order valence-corrected chi connectivity index (χ1v) is 10.7. The molecule has 0 aromatic heterocycles. The highest BCUT2D eigenvalue weighted by Crippen LogP contribution is 2.37. The molecule has 2 fully saturated rings. The minimum atomic E-state index is -4.91. The van der Waals surface area contributed by atoms with E-state index in [0.717, 1.165) is 12.8 Å². The summed E-state index contributed by atoms with van der Waals surface area (Å²) in [5, 5.41) is 2.53. The van der Waals surface area contributed by atoms with Crippen molar-refractivity contribution >= 4 is 5.91 Å². The molecule has 4 atom stereocenters. The Hall–Kier alpha value is -1.81. The molecule has 10 heteroatoms. The molecule has 1 aliphatic carbocycles. The molecule has 1 N–H and O–H groups in total. The Morgan fingerprint density at radius 2 is 1.69 bits per heavy atom. The number of carbonyl (C=O) groups excluding carboxylic acids is 1. The van der Waals surface area contributed by atoms with Crippen LogP contribution in [0.3, 0.4) is 0 Å². The Bertz CT molecular complexity index is 778. The monoisotopic (exact) mass is 466 g/mol. The van der Waals surface area contributed by atoms with Crippen LogP contribution in [0.5, 0.6) is 0 Å². The van der Waals surface area contributed by atoms with Gasteiger partial charge in [-0.25, -0.2) is 0 Å². The summed E-state index contributed by atoms with van der Waals surface area (Å²) >= 11 is 0. The zero-order valence-corrected chi connectivity index (χ0v) is 18.0. The SMILES string of the molecule is CC1COCCC1N(C)C1CC[C@H](C(=O)NCc2cc(C(F)(F)F)cc(C(F)(F)F)c2)C1. The predicted molar refractivity (Wildman–Crippen MR) is 106 cm³/mol. The van der Waals surface area contributed by atoms with Crippen LogP contribution in [0.15, 0.2) is 18.2 Å². The molecular formula is C22H28F6N2O2. The van der Waals surface area contributed by atoms with Gasteiger partial charge in [0, 0.05) is 31.2 Å². The van der Waals surface area contributed by atoms with Gasteiger partial charge in [0.15, 0.2) is 0 Å². The van der Waals surface area contributed by atoms with Crippen LogP contribution in [0.2, 0.25) is 0 Å². The van der Waals surface area contributed by atoms with E-state index >= 15 is 0 Å². The maximum atomic E-state index is 13.0. The number of hydrogen-bond donors (Lipinski definition) is 1. The molecule has 2 aliphatic rings. The maximum Gasteiger partial charge on any atom is 0.416 e. The Morgan fingerprint density at radius 3 is 2.25 bits per heavy atom. The molecular weight excluding hydrogens is 438 g/mol. The summed E-state index contributed by atoms with van der Waals surface area (Å²) in [5.74, 6) is -0.275. The van der Waals surface area contributed by atoms with E-state index < -0.39 is 23.5 Å². The van der Waals surface area contributed by atoms with E-state index in [1.54, 1.807) is 0 Å². The number of amides is 1. The third-order valence-electron chi connectivity index (χ3n) is 6.58. The first-order chi connectivity index (χ1) is 14.9. The number of halogens is 6. The molecule has 3 unspecified atom stereocenters. The van der Waals surface area contributed by atoms with E-state index in [4.69, 9.17) is 4.74 Å². The first-order valence-electron chi connectivity index (χ1n) is 10.7. The molecule has 180 valence electrons. The molecule has 0 radical (unpaired) electrons. The fourth-order valence-electron chi connectivity index (χ4n) is 4.77. The standard InChI is InChI=1S/C22H28F6N2O2/c1-13-12-32-6-5-19(13)30(2)18-4-3-15(9-18)20(31)29-11-14-7-16(21(23,24)25)10-17(8-14)22(26,27)28/h7-8,10,13,15,18-19H,3-6,9,11-12H2,1-2H3,(H,29,31)/t13?,15-,18?,19?/m0/s1. The van der Waals surface area contributed by atoms with E-state index in [9.17, 15) is 31.1 Å². The summed E-state index contributed by atoms with van der Waals surface area (Å²) in [5.41, 5.74) is -3.00. The molecule has 1 saturated carbocycles. The normalized spacial score (nSPS) is 27.0. The summed E-state index contributed by atoms with van der Waals surface area (Å²) in [6, 6.07) is 1.95. The Labute approximate surface area is 183 Å². The largest absolute Gasteiger partial charge is 0.416 e. The zero-order valence-electron chi connectivity index (χ0n) is 18.0. The predicted octanol–water partition coefficient (Wildman–Crippen LogP) is 4.87. The number of hydrogen-bond acceptors (Lipinski definition) is 3. The second kappa shape index (κ2) is 9.59. The number of benzene rings is 1. The first kappa shape index (κ1) is 24.8. The van der Waals surface area contributed by atoms with Crippen molar-refractivity contribution in [1.29, 1.82) is 0 Å². The molecule has 4 nitrogen and oxygen atoms in total. The molecule has 1 aliphatic heterocycles. The highest BCUT2D eigenvalue weighted by molar-refractivity contribution is 5.79. The Morgan fingerprint density at radius 1 is 1.06 bits per heavy atom. The quantitative estimate of drug-likeness (QED) is 0.630. The number of carbonyl (C=O) groups is 1. The van der Waals surface area contributed by atoms with E-state index in [0.29, 0.717) is 50.1 Å². The highest BCUT2D eigenvalue weighted by Gasteiger charge is 2.38. The summed E-state index contributed by atoms with van der Waals surface area (Å²) < 4.78 is 83.6. The molecule has 0 bridgehead atoms. The van der Waals surface area contributed by atoms with Gasteiger partial charge in [0.1, 0.15) is 0 Å². The third-order valence-corrected chi connectivity index (χ3v) is 6.58. The van der Waals surface area contributed by atoms with Crippen molar-refractivity contribution in [1.82, 2.24) is 10.2 Å². The fraction of sp³-hybridized carbons (Fsp3) is 0.682. The zero-order chi connectivity index (χ0) is 23.7. The lowest BCUT2D eigenvalue weighted by Gasteiger charge is -2.39. The van der Waals surface area contributed by atoms with Crippen molar-refractivity contribution < 1.29 is 35.9 Å². The van der Waals surface area contributed by atoms with Gasteiger partial charge < -0.3 is 15.0 Å². The van der Waals surface area contributed by atoms with Gasteiger partial charge in [0.25, 0.3) is 0 Å². The fourth-order valence-corrected chi connectivity index (χ4v) is 4.77. The number of nitrogens with zero attached hydrogens (tertiary/aromatic N) is 1. The molecule has 1 aromatic rings. The lowest BCUT2D eigenvalue weighted by molar-refractivity contribution is -0.143. The average Bonchev–Trinajstić information content (AvgIpc) is 3.21. The van der Waals surface area contributed by atoms with Crippen LogP contribution >= 0.6 is 0 Å².